The smallest absolute Gasteiger partial charge is 0.0640 e. The summed E-state index contributed by atoms with van der Waals surface area (Å²) in [7, 11) is 0. The van der Waals surface area contributed by atoms with Crippen LogP contribution in [0, 0.1) is 0 Å². The summed E-state index contributed by atoms with van der Waals surface area (Å²) in [6, 6.07) is 73.2. The fourth-order valence-electron chi connectivity index (χ4n) is 9.11. The molecule has 0 aliphatic carbocycles. The SMILES string of the molecule is c1ccc(-n2c3ccccc3c3c(N(c4ccc(-n5c6ccccc6c6ccc7ccccc7c65)cc4)c4cccc5c4sc4ccccc45)cccc32)cc1. The number of anilines is 3. The van der Waals surface area contributed by atoms with E-state index in [-0.39, 0.29) is 0 Å². The molecule has 0 saturated heterocycles. The summed E-state index contributed by atoms with van der Waals surface area (Å²) in [5, 5.41) is 10.0. The zero-order valence-electron chi connectivity index (χ0n) is 30.3. The van der Waals surface area contributed by atoms with E-state index in [1.165, 1.54) is 80.2 Å². The fraction of sp³-hybridized carbons (Fsp3) is 0. The number of nitrogens with zero attached hydrogens (tertiary/aromatic N) is 3. The first kappa shape index (κ1) is 31.2. The second kappa shape index (κ2) is 12.2. The van der Waals surface area contributed by atoms with Gasteiger partial charge in [0.25, 0.3) is 0 Å². The molecule has 0 atom stereocenters. The Hall–Kier alpha value is -7.14. The predicted octanol–water partition coefficient (Wildman–Crippen LogP) is 14.9. The van der Waals surface area contributed by atoms with E-state index in [9.17, 15) is 0 Å². The van der Waals surface area contributed by atoms with Crippen molar-refractivity contribution < 1.29 is 0 Å². The van der Waals surface area contributed by atoms with Crippen LogP contribution in [-0.2, 0) is 0 Å². The van der Waals surface area contributed by atoms with E-state index in [4.69, 9.17) is 0 Å². The van der Waals surface area contributed by atoms with Gasteiger partial charge in [0.05, 0.1) is 38.1 Å². The van der Waals surface area contributed by atoms with Crippen LogP contribution in [-0.4, -0.2) is 9.13 Å². The molecule has 56 heavy (non-hydrogen) atoms. The average molecular weight is 732 g/mol. The number of benzene rings is 9. The minimum absolute atomic E-state index is 1.10. The van der Waals surface area contributed by atoms with E-state index in [2.05, 4.69) is 214 Å². The highest BCUT2D eigenvalue weighted by atomic mass is 32.1. The van der Waals surface area contributed by atoms with Crippen LogP contribution < -0.4 is 4.90 Å². The van der Waals surface area contributed by atoms with Crippen LogP contribution in [0.15, 0.2) is 200 Å². The lowest BCUT2D eigenvalue weighted by Crippen LogP contribution is -2.11. The molecule has 0 fully saturated rings. The maximum atomic E-state index is 2.49. The number of aromatic nitrogens is 2. The molecule has 0 saturated carbocycles. The first-order chi connectivity index (χ1) is 27.8. The number of rotatable bonds is 5. The highest BCUT2D eigenvalue weighted by Crippen LogP contribution is 2.48. The van der Waals surface area contributed by atoms with Gasteiger partial charge in [-0.1, -0.05) is 127 Å². The number of thiophene rings is 1. The molecule has 0 radical (unpaired) electrons. The second-order valence-corrected chi connectivity index (χ2v) is 15.6. The highest BCUT2D eigenvalue weighted by Gasteiger charge is 2.24. The topological polar surface area (TPSA) is 13.1 Å². The second-order valence-electron chi connectivity index (χ2n) is 14.5. The quantitative estimate of drug-likeness (QED) is 0.172. The molecule has 262 valence electrons. The molecule has 4 heteroatoms. The van der Waals surface area contributed by atoms with Crippen molar-refractivity contribution in [1.82, 2.24) is 9.13 Å². The lowest BCUT2D eigenvalue weighted by molar-refractivity contribution is 1.18. The van der Waals surface area contributed by atoms with Crippen molar-refractivity contribution in [2.75, 3.05) is 4.90 Å². The zero-order valence-corrected chi connectivity index (χ0v) is 31.1. The highest BCUT2D eigenvalue weighted by molar-refractivity contribution is 7.26. The van der Waals surface area contributed by atoms with Crippen LogP contribution in [0.1, 0.15) is 0 Å². The minimum Gasteiger partial charge on any atom is -0.309 e. The van der Waals surface area contributed by atoms with Crippen molar-refractivity contribution in [3.05, 3.63) is 200 Å². The Kier molecular flexibility index (Phi) is 6.80. The molecule has 0 aliphatic heterocycles. The van der Waals surface area contributed by atoms with Crippen molar-refractivity contribution in [2.24, 2.45) is 0 Å². The van der Waals surface area contributed by atoms with Gasteiger partial charge in [-0.2, -0.15) is 0 Å². The van der Waals surface area contributed by atoms with Crippen molar-refractivity contribution in [3.63, 3.8) is 0 Å². The van der Waals surface area contributed by atoms with Gasteiger partial charge >= 0.3 is 0 Å². The van der Waals surface area contributed by atoms with Gasteiger partial charge in [-0.15, -0.1) is 11.3 Å². The van der Waals surface area contributed by atoms with E-state index in [0.717, 1.165) is 22.7 Å². The van der Waals surface area contributed by atoms with Gasteiger partial charge in [0.2, 0.25) is 0 Å². The molecule has 0 spiro atoms. The fourth-order valence-corrected chi connectivity index (χ4v) is 10.3. The minimum atomic E-state index is 1.10. The summed E-state index contributed by atoms with van der Waals surface area (Å²) in [4.78, 5) is 2.49. The Balaban J connectivity index is 1.14. The summed E-state index contributed by atoms with van der Waals surface area (Å²) in [6.07, 6.45) is 0. The molecule has 3 nitrogen and oxygen atoms in total. The van der Waals surface area contributed by atoms with Crippen LogP contribution in [0.25, 0.3) is 85.9 Å². The summed E-state index contributed by atoms with van der Waals surface area (Å²) in [5.74, 6) is 0. The van der Waals surface area contributed by atoms with Gasteiger partial charge in [0, 0.05) is 59.5 Å². The van der Waals surface area contributed by atoms with Gasteiger partial charge in [-0.3, -0.25) is 0 Å². The third kappa shape index (κ3) is 4.51. The lowest BCUT2D eigenvalue weighted by atomic mass is 10.1. The van der Waals surface area contributed by atoms with Crippen molar-refractivity contribution in [2.45, 2.75) is 0 Å². The van der Waals surface area contributed by atoms with Crippen LogP contribution in [0.4, 0.5) is 17.1 Å². The Labute approximate surface area is 327 Å². The Morgan fingerprint density at radius 2 is 0.964 bits per heavy atom. The summed E-state index contributed by atoms with van der Waals surface area (Å²) in [5.41, 5.74) is 10.5. The number of hydrogen-bond acceptors (Lipinski definition) is 2. The summed E-state index contributed by atoms with van der Waals surface area (Å²) < 4.78 is 7.42. The van der Waals surface area contributed by atoms with E-state index < -0.39 is 0 Å². The summed E-state index contributed by atoms with van der Waals surface area (Å²) >= 11 is 1.87. The largest absolute Gasteiger partial charge is 0.309 e. The molecule has 0 bridgehead atoms. The first-order valence-corrected chi connectivity index (χ1v) is 19.9. The number of fused-ring (bicyclic) bond motifs is 11. The normalized spacial score (nSPS) is 11.9. The van der Waals surface area contributed by atoms with Gasteiger partial charge in [0.1, 0.15) is 0 Å². The lowest BCUT2D eigenvalue weighted by Gasteiger charge is -2.27. The molecule has 12 rings (SSSR count). The zero-order chi connectivity index (χ0) is 36.7. The molecular weight excluding hydrogens is 699 g/mol. The Morgan fingerprint density at radius 3 is 1.80 bits per heavy atom. The number of hydrogen-bond donors (Lipinski definition) is 0. The molecule has 0 unspecified atom stereocenters. The number of para-hydroxylation sites is 3. The Bertz CT molecular complexity index is 3480. The molecule has 3 heterocycles. The van der Waals surface area contributed by atoms with Crippen LogP contribution >= 0.6 is 11.3 Å². The van der Waals surface area contributed by atoms with Crippen molar-refractivity contribution in [1.29, 1.82) is 0 Å². The van der Waals surface area contributed by atoms with Crippen LogP contribution in [0.3, 0.4) is 0 Å². The maximum Gasteiger partial charge on any atom is 0.0640 e. The molecule has 0 aliphatic rings. The van der Waals surface area contributed by atoms with E-state index in [1.807, 2.05) is 11.3 Å². The standard InChI is InChI=1S/C52H33N3S/c1-2-15-35(16-3-1)53-45-23-10-7-20-43(45)50-46(53)24-13-25-47(50)54(48-26-12-21-42-40-19-8-11-27-49(40)56-52(42)48)36-29-31-37(32-30-36)55-44-22-9-6-18-39(44)41-33-28-34-14-4-5-17-38(34)51(41)55/h1-33H. The molecule has 9 aromatic carbocycles. The average Bonchev–Trinajstić information content (AvgIpc) is 3.93. The van der Waals surface area contributed by atoms with Gasteiger partial charge in [-0.25, -0.2) is 0 Å². The predicted molar refractivity (Wildman–Crippen MR) is 240 cm³/mol. The van der Waals surface area contributed by atoms with Crippen molar-refractivity contribution in [3.8, 4) is 11.4 Å². The van der Waals surface area contributed by atoms with Crippen molar-refractivity contribution >= 4 is 103 Å². The van der Waals surface area contributed by atoms with Gasteiger partial charge < -0.3 is 14.0 Å². The molecule has 0 amide bonds. The van der Waals surface area contributed by atoms with E-state index in [1.54, 1.807) is 0 Å². The van der Waals surface area contributed by atoms with Crippen LogP contribution in [0.2, 0.25) is 0 Å². The van der Waals surface area contributed by atoms with Gasteiger partial charge in [-0.05, 0) is 78.2 Å². The monoisotopic (exact) mass is 731 g/mol. The molecule has 12 aromatic rings. The third-order valence-electron chi connectivity index (χ3n) is 11.5. The van der Waals surface area contributed by atoms with Crippen LogP contribution in [0.5, 0.6) is 0 Å². The third-order valence-corrected chi connectivity index (χ3v) is 12.7. The Morgan fingerprint density at radius 1 is 0.357 bits per heavy atom. The first-order valence-electron chi connectivity index (χ1n) is 19.1. The van der Waals surface area contributed by atoms with E-state index in [0.29, 0.717) is 0 Å². The van der Waals surface area contributed by atoms with E-state index >= 15 is 0 Å². The molecular formula is C52H33N3S. The van der Waals surface area contributed by atoms with Gasteiger partial charge in [0.15, 0.2) is 0 Å². The molecule has 3 aromatic heterocycles. The molecule has 0 N–H and O–H groups in total. The maximum absolute atomic E-state index is 2.49. The summed E-state index contributed by atoms with van der Waals surface area (Å²) in [6.45, 7) is 0.